The maximum atomic E-state index is 12.3. The van der Waals surface area contributed by atoms with Crippen molar-refractivity contribution in [1.82, 2.24) is 0 Å². The predicted molar refractivity (Wildman–Crippen MR) is 76.7 cm³/mol. The lowest BCUT2D eigenvalue weighted by Gasteiger charge is -2.17. The molecule has 0 spiro atoms. The second-order valence-corrected chi connectivity index (χ2v) is 4.43. The number of amides is 1. The van der Waals surface area contributed by atoms with Crippen molar-refractivity contribution in [2.45, 2.75) is 13.3 Å². The summed E-state index contributed by atoms with van der Waals surface area (Å²) in [6.45, 7) is 2.08. The molecule has 0 saturated carbocycles. The Bertz CT molecular complexity index is 576. The van der Waals surface area contributed by atoms with E-state index in [1.165, 1.54) is 10.5 Å². The van der Waals surface area contributed by atoms with Crippen molar-refractivity contribution in [2.24, 2.45) is 0 Å². The van der Waals surface area contributed by atoms with E-state index < -0.39 is 0 Å². The number of phenols is 1. The molecule has 0 fully saturated rings. The molecule has 0 aliphatic heterocycles. The van der Waals surface area contributed by atoms with Gasteiger partial charge in [-0.2, -0.15) is 0 Å². The van der Waals surface area contributed by atoms with Crippen molar-refractivity contribution in [2.75, 3.05) is 11.9 Å². The summed E-state index contributed by atoms with van der Waals surface area (Å²) in [7, 11) is 1.70. The van der Waals surface area contributed by atoms with Crippen molar-refractivity contribution < 1.29 is 9.90 Å². The second-order valence-electron chi connectivity index (χ2n) is 4.43. The van der Waals surface area contributed by atoms with Crippen molar-refractivity contribution in [1.29, 1.82) is 0 Å². The van der Waals surface area contributed by atoms with E-state index >= 15 is 0 Å². The normalized spacial score (nSPS) is 10.2. The number of hydrogen-bond donors (Lipinski definition) is 1. The number of aryl methyl sites for hydroxylation is 1. The van der Waals surface area contributed by atoms with E-state index in [-0.39, 0.29) is 11.7 Å². The molecule has 2 aromatic carbocycles. The zero-order valence-electron chi connectivity index (χ0n) is 11.1. The molecule has 0 heterocycles. The SMILES string of the molecule is CCc1ccc(C(=O)N(C)c2cccc(O)c2)cc1. The van der Waals surface area contributed by atoms with E-state index in [0.29, 0.717) is 11.3 Å². The highest BCUT2D eigenvalue weighted by Gasteiger charge is 2.13. The third-order valence-corrected chi connectivity index (χ3v) is 3.13. The van der Waals surface area contributed by atoms with Crippen molar-refractivity contribution in [3.8, 4) is 5.75 Å². The molecule has 2 aromatic rings. The number of carbonyl (C=O) groups is 1. The fraction of sp³-hybridized carbons (Fsp3) is 0.188. The first-order chi connectivity index (χ1) is 9.11. The Kier molecular flexibility index (Phi) is 3.85. The molecule has 19 heavy (non-hydrogen) atoms. The number of rotatable bonds is 3. The van der Waals surface area contributed by atoms with Crippen LogP contribution in [-0.4, -0.2) is 18.1 Å². The molecule has 2 rings (SSSR count). The summed E-state index contributed by atoms with van der Waals surface area (Å²) in [5.41, 5.74) is 2.52. The molecule has 1 amide bonds. The Balaban J connectivity index is 2.23. The first kappa shape index (κ1) is 13.1. The Hall–Kier alpha value is -2.29. The number of hydrogen-bond acceptors (Lipinski definition) is 2. The molecule has 0 bridgehead atoms. The van der Waals surface area contributed by atoms with Gasteiger partial charge in [0.2, 0.25) is 0 Å². The minimum Gasteiger partial charge on any atom is -0.508 e. The maximum Gasteiger partial charge on any atom is 0.258 e. The van der Waals surface area contributed by atoms with Gasteiger partial charge < -0.3 is 10.0 Å². The Morgan fingerprint density at radius 2 is 1.84 bits per heavy atom. The van der Waals surface area contributed by atoms with Crippen molar-refractivity contribution in [3.63, 3.8) is 0 Å². The van der Waals surface area contributed by atoms with Gasteiger partial charge in [0.15, 0.2) is 0 Å². The van der Waals surface area contributed by atoms with Crippen molar-refractivity contribution >= 4 is 11.6 Å². The van der Waals surface area contributed by atoms with Crippen LogP contribution in [0.4, 0.5) is 5.69 Å². The van der Waals surface area contributed by atoms with Crippen LogP contribution >= 0.6 is 0 Å². The molecule has 3 nitrogen and oxygen atoms in total. The maximum absolute atomic E-state index is 12.3. The van der Waals surface area contributed by atoms with Crippen LogP contribution in [0.15, 0.2) is 48.5 Å². The number of carbonyl (C=O) groups excluding carboxylic acids is 1. The summed E-state index contributed by atoms with van der Waals surface area (Å²) in [5.74, 6) is 0.0618. The zero-order valence-corrected chi connectivity index (χ0v) is 11.1. The lowest BCUT2D eigenvalue weighted by Crippen LogP contribution is -2.26. The smallest absolute Gasteiger partial charge is 0.258 e. The molecular formula is C16H17NO2. The number of phenolic OH excluding ortho intramolecular Hbond substituents is 1. The summed E-state index contributed by atoms with van der Waals surface area (Å²) in [6, 6.07) is 14.2. The molecule has 0 aliphatic rings. The van der Waals surface area contributed by atoms with E-state index in [0.717, 1.165) is 6.42 Å². The Morgan fingerprint density at radius 1 is 1.16 bits per heavy atom. The van der Waals surface area contributed by atoms with Crippen LogP contribution in [0, 0.1) is 0 Å². The van der Waals surface area contributed by atoms with Gasteiger partial charge in [-0.1, -0.05) is 25.1 Å². The quantitative estimate of drug-likeness (QED) is 0.914. The first-order valence-electron chi connectivity index (χ1n) is 6.28. The Morgan fingerprint density at radius 3 is 2.42 bits per heavy atom. The van der Waals surface area contributed by atoms with Gasteiger partial charge in [-0.3, -0.25) is 4.79 Å². The summed E-state index contributed by atoms with van der Waals surface area (Å²) >= 11 is 0. The lowest BCUT2D eigenvalue weighted by atomic mass is 10.1. The standard InChI is InChI=1S/C16H17NO2/c1-3-12-7-9-13(10-8-12)16(19)17(2)14-5-4-6-15(18)11-14/h4-11,18H,3H2,1-2H3. The van der Waals surface area contributed by atoms with Gasteiger partial charge in [0, 0.05) is 24.4 Å². The van der Waals surface area contributed by atoms with E-state index in [2.05, 4.69) is 6.92 Å². The van der Waals surface area contributed by atoms with Crippen LogP contribution in [0.2, 0.25) is 0 Å². The van der Waals surface area contributed by atoms with E-state index in [9.17, 15) is 9.90 Å². The molecule has 0 saturated heterocycles. The van der Waals surface area contributed by atoms with Gasteiger partial charge >= 0.3 is 0 Å². The summed E-state index contributed by atoms with van der Waals surface area (Å²) < 4.78 is 0. The minimum atomic E-state index is -0.0896. The third-order valence-electron chi connectivity index (χ3n) is 3.13. The molecule has 98 valence electrons. The first-order valence-corrected chi connectivity index (χ1v) is 6.28. The molecule has 0 aliphatic carbocycles. The number of nitrogens with zero attached hydrogens (tertiary/aromatic N) is 1. The van der Waals surface area contributed by atoms with Crippen LogP contribution in [0.3, 0.4) is 0 Å². The number of anilines is 1. The minimum absolute atomic E-state index is 0.0896. The average Bonchev–Trinajstić information content (AvgIpc) is 2.46. The number of aromatic hydroxyl groups is 1. The highest BCUT2D eigenvalue weighted by Crippen LogP contribution is 2.20. The lowest BCUT2D eigenvalue weighted by molar-refractivity contribution is 0.0993. The topological polar surface area (TPSA) is 40.5 Å². The Labute approximate surface area is 113 Å². The molecule has 3 heteroatoms. The molecule has 0 radical (unpaired) electrons. The number of benzene rings is 2. The van der Waals surface area contributed by atoms with Crippen LogP contribution in [0.5, 0.6) is 5.75 Å². The average molecular weight is 255 g/mol. The van der Waals surface area contributed by atoms with Crippen LogP contribution in [-0.2, 0) is 6.42 Å². The van der Waals surface area contributed by atoms with E-state index in [1.54, 1.807) is 31.3 Å². The van der Waals surface area contributed by atoms with E-state index in [1.807, 2.05) is 24.3 Å². The fourth-order valence-corrected chi connectivity index (χ4v) is 1.90. The summed E-state index contributed by atoms with van der Waals surface area (Å²) in [4.78, 5) is 13.8. The van der Waals surface area contributed by atoms with Crippen LogP contribution in [0.25, 0.3) is 0 Å². The third kappa shape index (κ3) is 2.94. The van der Waals surface area contributed by atoms with Crippen molar-refractivity contribution in [3.05, 3.63) is 59.7 Å². The van der Waals surface area contributed by atoms with Gasteiger partial charge in [-0.15, -0.1) is 0 Å². The predicted octanol–water partition coefficient (Wildman–Crippen LogP) is 3.23. The molecule has 0 unspecified atom stereocenters. The summed E-state index contributed by atoms with van der Waals surface area (Å²) in [5, 5.41) is 9.44. The van der Waals surface area contributed by atoms with Gasteiger partial charge in [0.1, 0.15) is 5.75 Å². The van der Waals surface area contributed by atoms with Gasteiger partial charge in [0.05, 0.1) is 0 Å². The highest BCUT2D eigenvalue weighted by molar-refractivity contribution is 6.05. The highest BCUT2D eigenvalue weighted by atomic mass is 16.3. The fourth-order valence-electron chi connectivity index (χ4n) is 1.90. The largest absolute Gasteiger partial charge is 0.508 e. The van der Waals surface area contributed by atoms with E-state index in [4.69, 9.17) is 0 Å². The van der Waals surface area contributed by atoms with Crippen LogP contribution < -0.4 is 4.90 Å². The molecule has 0 atom stereocenters. The van der Waals surface area contributed by atoms with Gasteiger partial charge in [-0.25, -0.2) is 0 Å². The monoisotopic (exact) mass is 255 g/mol. The van der Waals surface area contributed by atoms with Gasteiger partial charge in [-0.05, 0) is 36.2 Å². The molecular weight excluding hydrogens is 238 g/mol. The zero-order chi connectivity index (χ0) is 13.8. The summed E-state index contributed by atoms with van der Waals surface area (Å²) in [6.07, 6.45) is 0.955. The van der Waals surface area contributed by atoms with Crippen LogP contribution in [0.1, 0.15) is 22.8 Å². The van der Waals surface area contributed by atoms with Gasteiger partial charge in [0.25, 0.3) is 5.91 Å². The molecule has 1 N–H and O–H groups in total. The molecule has 0 aromatic heterocycles. The second kappa shape index (κ2) is 5.57.